The Morgan fingerprint density at radius 2 is 1.84 bits per heavy atom. The molecule has 3 aliphatic carbocycles. The number of hydrogen-bond acceptors (Lipinski definition) is 3. The van der Waals surface area contributed by atoms with E-state index in [1.54, 1.807) is 7.11 Å². The minimum Gasteiger partial charge on any atom is -0.481 e. The third kappa shape index (κ3) is 4.90. The molecule has 206 valence electrons. The van der Waals surface area contributed by atoms with Gasteiger partial charge in [0.1, 0.15) is 5.69 Å². The predicted molar refractivity (Wildman–Crippen MR) is 150 cm³/mol. The first kappa shape index (κ1) is 27.3. The van der Waals surface area contributed by atoms with Gasteiger partial charge >= 0.3 is 5.97 Å². The highest BCUT2D eigenvalue weighted by atomic mass is 35.5. The van der Waals surface area contributed by atoms with Gasteiger partial charge in [0.05, 0.1) is 16.5 Å². The zero-order valence-corrected chi connectivity index (χ0v) is 24.2. The maximum atomic E-state index is 13.5. The van der Waals surface area contributed by atoms with Gasteiger partial charge in [0, 0.05) is 31.5 Å². The first-order valence-electron chi connectivity index (χ1n) is 13.9. The van der Waals surface area contributed by atoms with Crippen LogP contribution < -0.4 is 5.32 Å². The lowest BCUT2D eigenvalue weighted by Crippen LogP contribution is -2.47. The number of carboxylic acids is 1. The third-order valence-corrected chi connectivity index (χ3v) is 9.94. The van der Waals surface area contributed by atoms with Crippen LogP contribution in [0, 0.1) is 17.8 Å². The molecule has 0 bridgehead atoms. The SMILES string of the molecule is COC(C)(C)c1cc(-c2c(Cl)c(C(=O)NC3CC(C(=O)O)C3)n(C)c2CC2CC(C)C2)cc(C2(C)CC2)c1. The van der Waals surface area contributed by atoms with Crippen LogP contribution in [-0.4, -0.2) is 34.7 Å². The number of halogens is 1. The molecule has 1 amide bonds. The maximum Gasteiger partial charge on any atom is 0.306 e. The summed E-state index contributed by atoms with van der Waals surface area (Å²) in [6, 6.07) is 6.58. The van der Waals surface area contributed by atoms with Gasteiger partial charge < -0.3 is 19.7 Å². The molecule has 0 aliphatic heterocycles. The van der Waals surface area contributed by atoms with Crippen molar-refractivity contribution in [1.82, 2.24) is 9.88 Å². The highest BCUT2D eigenvalue weighted by Gasteiger charge is 2.41. The summed E-state index contributed by atoms with van der Waals surface area (Å²) in [5.74, 6) is -0.111. The van der Waals surface area contributed by atoms with Crippen molar-refractivity contribution in [2.24, 2.45) is 24.8 Å². The lowest BCUT2D eigenvalue weighted by Gasteiger charge is -2.33. The lowest BCUT2D eigenvalue weighted by atomic mass is 9.73. The molecule has 38 heavy (non-hydrogen) atoms. The monoisotopic (exact) mass is 540 g/mol. The number of amides is 1. The Morgan fingerprint density at radius 1 is 1.18 bits per heavy atom. The van der Waals surface area contributed by atoms with Crippen molar-refractivity contribution in [1.29, 1.82) is 0 Å². The fraction of sp³-hybridized carbons (Fsp3) is 0.613. The Labute approximate surface area is 231 Å². The second kappa shape index (κ2) is 9.71. The summed E-state index contributed by atoms with van der Waals surface area (Å²) in [5.41, 5.74) is 5.60. The number of benzene rings is 1. The van der Waals surface area contributed by atoms with Crippen LogP contribution in [0.1, 0.15) is 93.5 Å². The van der Waals surface area contributed by atoms with Crippen LogP contribution in [0.25, 0.3) is 11.1 Å². The molecule has 0 radical (unpaired) electrons. The molecule has 0 unspecified atom stereocenters. The Morgan fingerprint density at radius 3 is 2.39 bits per heavy atom. The molecule has 3 saturated carbocycles. The van der Waals surface area contributed by atoms with Crippen LogP contribution in [0.3, 0.4) is 0 Å². The molecule has 1 heterocycles. The zero-order valence-electron chi connectivity index (χ0n) is 23.5. The van der Waals surface area contributed by atoms with Crippen molar-refractivity contribution < 1.29 is 19.4 Å². The fourth-order valence-electron chi connectivity index (χ4n) is 6.24. The van der Waals surface area contributed by atoms with Gasteiger partial charge in [-0.3, -0.25) is 9.59 Å². The molecule has 2 N–H and O–H groups in total. The van der Waals surface area contributed by atoms with E-state index in [4.69, 9.17) is 16.3 Å². The van der Waals surface area contributed by atoms with Crippen LogP contribution in [0.2, 0.25) is 5.02 Å². The number of carbonyl (C=O) groups is 2. The van der Waals surface area contributed by atoms with E-state index in [1.165, 1.54) is 18.4 Å². The Balaban J connectivity index is 1.57. The normalized spacial score (nSPS) is 25.9. The highest BCUT2D eigenvalue weighted by molar-refractivity contribution is 6.36. The number of aromatic nitrogens is 1. The number of ether oxygens (including phenoxy) is 1. The van der Waals surface area contributed by atoms with Gasteiger partial charge in [-0.2, -0.15) is 0 Å². The summed E-state index contributed by atoms with van der Waals surface area (Å²) in [4.78, 5) is 24.7. The molecule has 3 fully saturated rings. The molecule has 0 saturated heterocycles. The largest absolute Gasteiger partial charge is 0.481 e. The summed E-state index contributed by atoms with van der Waals surface area (Å²) >= 11 is 7.14. The van der Waals surface area contributed by atoms with E-state index in [0.717, 1.165) is 47.6 Å². The van der Waals surface area contributed by atoms with Gasteiger partial charge in [-0.25, -0.2) is 0 Å². The number of nitrogens with one attached hydrogen (secondary N) is 1. The number of nitrogens with zero attached hydrogens (tertiary/aromatic N) is 1. The minimum absolute atomic E-state index is 0.138. The zero-order chi connectivity index (χ0) is 27.6. The fourth-order valence-corrected chi connectivity index (χ4v) is 6.67. The Kier molecular flexibility index (Phi) is 6.96. The number of carbonyl (C=O) groups excluding carboxylic acids is 1. The Bertz CT molecular complexity index is 1260. The van der Waals surface area contributed by atoms with Gasteiger partial charge in [0.2, 0.25) is 0 Å². The molecule has 1 aromatic carbocycles. The van der Waals surface area contributed by atoms with Crippen LogP contribution in [0.4, 0.5) is 0 Å². The molecule has 1 aromatic heterocycles. The lowest BCUT2D eigenvalue weighted by molar-refractivity contribution is -0.145. The number of carboxylic acid groups (broad SMARTS) is 1. The van der Waals surface area contributed by atoms with Crippen molar-refractivity contribution in [3.05, 3.63) is 45.7 Å². The number of aliphatic carboxylic acids is 1. The topological polar surface area (TPSA) is 80.6 Å². The van der Waals surface area contributed by atoms with Gasteiger partial charge in [-0.15, -0.1) is 0 Å². The molecule has 0 atom stereocenters. The van der Waals surface area contributed by atoms with E-state index < -0.39 is 11.6 Å². The van der Waals surface area contributed by atoms with Crippen LogP contribution in [0.15, 0.2) is 18.2 Å². The van der Waals surface area contributed by atoms with E-state index in [9.17, 15) is 14.7 Å². The second-order valence-corrected chi connectivity index (χ2v) is 13.3. The van der Waals surface area contributed by atoms with Gasteiger partial charge in [-0.05, 0) is 98.8 Å². The molecule has 0 spiro atoms. The van der Waals surface area contributed by atoms with Gasteiger partial charge in [-0.1, -0.05) is 37.6 Å². The summed E-state index contributed by atoms with van der Waals surface area (Å²) < 4.78 is 7.86. The van der Waals surface area contributed by atoms with Crippen molar-refractivity contribution in [3.8, 4) is 11.1 Å². The van der Waals surface area contributed by atoms with Gasteiger partial charge in [0.25, 0.3) is 5.91 Å². The summed E-state index contributed by atoms with van der Waals surface area (Å²) in [6.45, 7) is 8.75. The summed E-state index contributed by atoms with van der Waals surface area (Å²) in [7, 11) is 3.68. The van der Waals surface area contributed by atoms with Crippen molar-refractivity contribution in [2.75, 3.05) is 7.11 Å². The van der Waals surface area contributed by atoms with Crippen molar-refractivity contribution in [2.45, 2.75) is 89.7 Å². The van der Waals surface area contributed by atoms with Crippen LogP contribution >= 0.6 is 11.6 Å². The summed E-state index contributed by atoms with van der Waals surface area (Å²) in [5, 5.41) is 12.7. The Hall–Kier alpha value is -2.31. The minimum atomic E-state index is -0.800. The standard InChI is InChI=1S/C31H41ClN2O4/c1-17-9-18(10-17)11-24-25(19-12-21(30(2,3)38-6)16-22(13-19)31(4)7-8-31)26(32)27(34(24)5)28(35)33-23-14-20(15-23)29(36)37/h12-13,16-18,20,23H,7-11,14-15H2,1-6H3,(H,33,35)(H,36,37). The van der Waals surface area contributed by atoms with Gasteiger partial charge in [0.15, 0.2) is 0 Å². The van der Waals surface area contributed by atoms with E-state index in [-0.39, 0.29) is 23.3 Å². The molecule has 2 aromatic rings. The number of methoxy groups -OCH3 is 1. The first-order chi connectivity index (χ1) is 17.8. The summed E-state index contributed by atoms with van der Waals surface area (Å²) in [6.07, 6.45) is 6.47. The molecule has 6 nitrogen and oxygen atoms in total. The quantitative estimate of drug-likeness (QED) is 0.382. The first-order valence-corrected chi connectivity index (χ1v) is 14.3. The smallest absolute Gasteiger partial charge is 0.306 e. The highest BCUT2D eigenvalue weighted by Crippen LogP contribution is 2.50. The average molecular weight is 541 g/mol. The number of hydrogen-bond donors (Lipinski definition) is 2. The average Bonchev–Trinajstić information content (AvgIpc) is 3.52. The molecule has 7 heteroatoms. The third-order valence-electron chi connectivity index (χ3n) is 9.57. The van der Waals surface area contributed by atoms with Crippen molar-refractivity contribution >= 4 is 23.5 Å². The molecule has 5 rings (SSSR count). The van der Waals surface area contributed by atoms with E-state index in [0.29, 0.717) is 29.5 Å². The van der Waals surface area contributed by atoms with E-state index in [2.05, 4.69) is 51.2 Å². The molecular formula is C31H41ClN2O4. The van der Waals surface area contributed by atoms with Crippen molar-refractivity contribution in [3.63, 3.8) is 0 Å². The molecule has 3 aliphatic rings. The van der Waals surface area contributed by atoms with Crippen LogP contribution in [-0.2, 0) is 34.0 Å². The maximum absolute atomic E-state index is 13.5. The van der Waals surface area contributed by atoms with E-state index in [1.807, 2.05) is 11.6 Å². The van der Waals surface area contributed by atoms with Crippen LogP contribution in [0.5, 0.6) is 0 Å². The number of rotatable bonds is 9. The predicted octanol–water partition coefficient (Wildman–Crippen LogP) is 6.46. The van der Waals surface area contributed by atoms with E-state index >= 15 is 0 Å². The second-order valence-electron chi connectivity index (χ2n) is 12.9. The molecular weight excluding hydrogens is 500 g/mol.